The monoisotopic (exact) mass is 388 g/mol. The molecule has 0 aliphatic heterocycles. The first-order valence-corrected chi connectivity index (χ1v) is 7.96. The van der Waals surface area contributed by atoms with Gasteiger partial charge in [-0.25, -0.2) is 0 Å². The van der Waals surface area contributed by atoms with Crippen LogP contribution in [0.1, 0.15) is 23.6 Å². The summed E-state index contributed by atoms with van der Waals surface area (Å²) >= 11 is 0. The first kappa shape index (κ1) is 20.7. The zero-order valence-electron chi connectivity index (χ0n) is 14.6. The van der Waals surface area contributed by atoms with Crippen molar-refractivity contribution in [2.45, 2.75) is 18.7 Å². The minimum Gasteiger partial charge on any atom is -0.382 e. The van der Waals surface area contributed by atoms with Gasteiger partial charge in [-0.05, 0) is 49.4 Å². The molecule has 0 aliphatic carbocycles. The molecule has 1 atom stereocenters. The van der Waals surface area contributed by atoms with Crippen molar-refractivity contribution >= 4 is 17.3 Å². The Bertz CT molecular complexity index is 955. The molecule has 0 aromatic heterocycles. The van der Waals surface area contributed by atoms with Crippen molar-refractivity contribution in [2.75, 3.05) is 17.2 Å². The van der Waals surface area contributed by atoms with Crippen molar-refractivity contribution < 1.29 is 23.1 Å². The zero-order valence-corrected chi connectivity index (χ0v) is 14.6. The average molecular weight is 388 g/mol. The van der Waals surface area contributed by atoms with Gasteiger partial charge in [0.2, 0.25) is 0 Å². The maximum absolute atomic E-state index is 13.0. The molecule has 0 spiro atoms. The molecule has 0 bridgehead atoms. The van der Waals surface area contributed by atoms with Crippen LogP contribution >= 0.6 is 0 Å². The quantitative estimate of drug-likeness (QED) is 0.729. The molecule has 2 rings (SSSR count). The van der Waals surface area contributed by atoms with Gasteiger partial charge < -0.3 is 15.7 Å². The second kappa shape index (κ2) is 7.99. The van der Waals surface area contributed by atoms with Crippen molar-refractivity contribution in [1.29, 1.82) is 10.5 Å². The molecule has 3 N–H and O–H groups in total. The zero-order chi connectivity index (χ0) is 20.9. The molecule has 0 saturated heterocycles. The van der Waals surface area contributed by atoms with Gasteiger partial charge in [-0.2, -0.15) is 23.7 Å². The average Bonchev–Trinajstić information content (AvgIpc) is 2.66. The van der Waals surface area contributed by atoms with Gasteiger partial charge in [-0.3, -0.25) is 4.79 Å². The van der Waals surface area contributed by atoms with E-state index in [2.05, 4.69) is 10.6 Å². The molecular formula is C19H15F3N4O2. The predicted octanol–water partition coefficient (Wildman–Crippen LogP) is 3.25. The first-order valence-electron chi connectivity index (χ1n) is 7.96. The minimum atomic E-state index is -4.76. The lowest BCUT2D eigenvalue weighted by atomic mass is 10.0. The van der Waals surface area contributed by atoms with Crippen LogP contribution in [0, 0.1) is 22.7 Å². The van der Waals surface area contributed by atoms with Crippen LogP contribution in [0.25, 0.3) is 0 Å². The molecule has 1 amide bonds. The second-order valence-corrected chi connectivity index (χ2v) is 6.14. The molecule has 9 heteroatoms. The minimum absolute atomic E-state index is 0.199. The topological polar surface area (TPSA) is 109 Å². The molecule has 0 fully saturated rings. The van der Waals surface area contributed by atoms with E-state index in [9.17, 15) is 23.1 Å². The number of carbonyl (C=O) groups excluding carboxylic acids is 1. The lowest BCUT2D eigenvalue weighted by molar-refractivity contribution is -0.137. The highest BCUT2D eigenvalue weighted by molar-refractivity contribution is 5.97. The predicted molar refractivity (Wildman–Crippen MR) is 95.1 cm³/mol. The molecule has 0 aliphatic rings. The number of hydrogen-bond donors (Lipinski definition) is 3. The third-order valence-corrected chi connectivity index (χ3v) is 3.84. The number of hydrogen-bond acceptors (Lipinski definition) is 5. The van der Waals surface area contributed by atoms with Gasteiger partial charge >= 0.3 is 6.18 Å². The number of nitrogens with zero attached hydrogens (tertiary/aromatic N) is 2. The van der Waals surface area contributed by atoms with E-state index < -0.39 is 28.8 Å². The number of amides is 1. The van der Waals surface area contributed by atoms with E-state index in [1.165, 1.54) is 13.0 Å². The Kier molecular flexibility index (Phi) is 5.92. The van der Waals surface area contributed by atoms with Crippen LogP contribution in [0.2, 0.25) is 0 Å². The fourth-order valence-electron chi connectivity index (χ4n) is 2.24. The summed E-state index contributed by atoms with van der Waals surface area (Å²) in [7, 11) is 0. The van der Waals surface area contributed by atoms with E-state index >= 15 is 0 Å². The van der Waals surface area contributed by atoms with Crippen LogP contribution < -0.4 is 10.6 Å². The maximum atomic E-state index is 13.0. The third kappa shape index (κ3) is 5.00. The summed E-state index contributed by atoms with van der Waals surface area (Å²) in [6.45, 7) is 0.973. The highest BCUT2D eigenvalue weighted by Crippen LogP contribution is 2.33. The number of nitrogens with one attached hydrogen (secondary N) is 2. The summed E-state index contributed by atoms with van der Waals surface area (Å²) in [5.74, 6) is -0.925. The summed E-state index contributed by atoms with van der Waals surface area (Å²) in [6.07, 6.45) is -4.76. The standard InChI is InChI=1S/C19H15F3N4O2/c1-18(28,11-25-14-5-2-12(9-23)3-6-14)17(27)26-15-7-4-13(10-24)16(8-15)19(20,21)22/h2-8,25,28H,11H2,1H3,(H,26,27)/t18-/m0/s1. The van der Waals surface area contributed by atoms with E-state index in [1.807, 2.05) is 6.07 Å². The summed E-state index contributed by atoms with van der Waals surface area (Å²) in [5.41, 5.74) is -2.90. The molecule has 0 radical (unpaired) electrons. The van der Waals surface area contributed by atoms with Crippen LogP contribution in [0.4, 0.5) is 24.5 Å². The van der Waals surface area contributed by atoms with Gasteiger partial charge in [-0.15, -0.1) is 0 Å². The summed E-state index contributed by atoms with van der Waals surface area (Å²) in [6, 6.07) is 12.4. The van der Waals surface area contributed by atoms with Crippen LogP contribution in [-0.2, 0) is 11.0 Å². The number of halogens is 3. The molecule has 6 nitrogen and oxygen atoms in total. The van der Waals surface area contributed by atoms with Crippen molar-refractivity contribution in [3.8, 4) is 12.1 Å². The Morgan fingerprint density at radius 1 is 1.07 bits per heavy atom. The second-order valence-electron chi connectivity index (χ2n) is 6.14. The summed E-state index contributed by atoms with van der Waals surface area (Å²) < 4.78 is 39.0. The highest BCUT2D eigenvalue weighted by Gasteiger charge is 2.35. The van der Waals surface area contributed by atoms with Crippen LogP contribution in [0.3, 0.4) is 0 Å². The number of rotatable bonds is 5. The van der Waals surface area contributed by atoms with Crippen LogP contribution in [-0.4, -0.2) is 23.2 Å². The number of alkyl halides is 3. The van der Waals surface area contributed by atoms with Gasteiger partial charge in [0.15, 0.2) is 5.60 Å². The van der Waals surface area contributed by atoms with Gasteiger partial charge in [0.1, 0.15) is 0 Å². The fourth-order valence-corrected chi connectivity index (χ4v) is 2.24. The molecule has 2 aromatic carbocycles. The third-order valence-electron chi connectivity index (χ3n) is 3.84. The molecule has 28 heavy (non-hydrogen) atoms. The van der Waals surface area contributed by atoms with Crippen LogP contribution in [0.15, 0.2) is 42.5 Å². The highest BCUT2D eigenvalue weighted by atomic mass is 19.4. The van der Waals surface area contributed by atoms with Crippen molar-refractivity contribution in [3.63, 3.8) is 0 Å². The van der Waals surface area contributed by atoms with Gasteiger partial charge in [0, 0.05) is 11.4 Å². The molecule has 144 valence electrons. The SMILES string of the molecule is C[C@](O)(CNc1ccc(C#N)cc1)C(=O)Nc1ccc(C#N)c(C(F)(F)F)c1. The largest absolute Gasteiger partial charge is 0.417 e. The number of anilines is 2. The number of benzene rings is 2. The normalized spacial score (nSPS) is 13.0. The van der Waals surface area contributed by atoms with Gasteiger partial charge in [0.25, 0.3) is 5.91 Å². The van der Waals surface area contributed by atoms with E-state index in [1.54, 1.807) is 24.3 Å². The lowest BCUT2D eigenvalue weighted by Crippen LogP contribution is -2.45. The Hall–Kier alpha value is -3.56. The van der Waals surface area contributed by atoms with Gasteiger partial charge in [-0.1, -0.05) is 0 Å². The van der Waals surface area contributed by atoms with Gasteiger partial charge in [0.05, 0.1) is 35.4 Å². The Balaban J connectivity index is 2.10. The van der Waals surface area contributed by atoms with Crippen LogP contribution in [0.5, 0.6) is 0 Å². The Morgan fingerprint density at radius 2 is 1.68 bits per heavy atom. The Labute approximate surface area is 158 Å². The smallest absolute Gasteiger partial charge is 0.382 e. The van der Waals surface area contributed by atoms with E-state index in [4.69, 9.17) is 10.5 Å². The van der Waals surface area contributed by atoms with E-state index in [0.717, 1.165) is 12.1 Å². The molecule has 0 heterocycles. The Morgan fingerprint density at radius 3 is 2.21 bits per heavy atom. The molecular weight excluding hydrogens is 373 g/mol. The maximum Gasteiger partial charge on any atom is 0.417 e. The van der Waals surface area contributed by atoms with Crippen molar-refractivity contribution in [1.82, 2.24) is 0 Å². The number of nitriles is 2. The first-order chi connectivity index (χ1) is 13.1. The summed E-state index contributed by atoms with van der Waals surface area (Å²) in [5, 5.41) is 32.9. The fraction of sp³-hybridized carbons (Fsp3) is 0.211. The van der Waals surface area contributed by atoms with E-state index in [-0.39, 0.29) is 12.2 Å². The summed E-state index contributed by atoms with van der Waals surface area (Å²) in [4.78, 5) is 12.3. The molecule has 0 unspecified atom stereocenters. The van der Waals surface area contributed by atoms with Crippen molar-refractivity contribution in [3.05, 3.63) is 59.2 Å². The number of aliphatic hydroxyl groups is 1. The van der Waals surface area contributed by atoms with Crippen molar-refractivity contribution in [2.24, 2.45) is 0 Å². The molecule has 2 aromatic rings. The molecule has 0 saturated carbocycles. The lowest BCUT2D eigenvalue weighted by Gasteiger charge is -2.23. The number of carbonyl (C=O) groups is 1. The van der Waals surface area contributed by atoms with E-state index in [0.29, 0.717) is 17.3 Å².